The molecule has 0 fully saturated rings. The van der Waals surface area contributed by atoms with Gasteiger partial charge in [0, 0.05) is 30.0 Å². The van der Waals surface area contributed by atoms with E-state index in [1.807, 2.05) is 0 Å². The molecule has 0 aliphatic heterocycles. The molecule has 0 aliphatic carbocycles. The lowest BCUT2D eigenvalue weighted by atomic mass is 9.96. The molecule has 1 aromatic carbocycles. The van der Waals surface area contributed by atoms with E-state index in [1.54, 1.807) is 31.2 Å². The van der Waals surface area contributed by atoms with E-state index in [9.17, 15) is 18.4 Å². The summed E-state index contributed by atoms with van der Waals surface area (Å²) >= 11 is 5.73. The van der Waals surface area contributed by atoms with Crippen molar-refractivity contribution in [2.75, 3.05) is 13.6 Å². The maximum absolute atomic E-state index is 12.2. The minimum absolute atomic E-state index is 0.0926. The van der Waals surface area contributed by atoms with E-state index in [4.69, 9.17) is 11.6 Å². The number of nitrogens with zero attached hydrogens (tertiary/aromatic N) is 1. The summed E-state index contributed by atoms with van der Waals surface area (Å²) in [7, 11) is 1.30. The van der Waals surface area contributed by atoms with Crippen molar-refractivity contribution in [2.45, 2.75) is 19.8 Å². The van der Waals surface area contributed by atoms with Gasteiger partial charge in [0.1, 0.15) is 0 Å². The molecule has 1 atom stereocenters. The minimum atomic E-state index is -2.58. The van der Waals surface area contributed by atoms with Gasteiger partial charge in [0.25, 0.3) is 6.43 Å². The van der Waals surface area contributed by atoms with Crippen molar-refractivity contribution in [3.8, 4) is 0 Å². The van der Waals surface area contributed by atoms with Crippen LogP contribution in [-0.2, 0) is 4.79 Å². The van der Waals surface area contributed by atoms with Crippen LogP contribution >= 0.6 is 11.6 Å². The van der Waals surface area contributed by atoms with Crippen LogP contribution < -0.4 is 0 Å². The van der Waals surface area contributed by atoms with Crippen LogP contribution in [0.4, 0.5) is 8.78 Å². The number of carbonyl (C=O) groups excluding carboxylic acids is 2. The van der Waals surface area contributed by atoms with Crippen LogP contribution in [0.1, 0.15) is 23.7 Å². The Labute approximate surface area is 121 Å². The van der Waals surface area contributed by atoms with E-state index < -0.39 is 24.8 Å². The molecule has 0 spiro atoms. The molecule has 3 nitrogen and oxygen atoms in total. The molecule has 1 unspecified atom stereocenters. The molecule has 0 saturated carbocycles. The van der Waals surface area contributed by atoms with E-state index in [-0.39, 0.29) is 12.2 Å². The van der Waals surface area contributed by atoms with Crippen LogP contribution in [0.5, 0.6) is 0 Å². The van der Waals surface area contributed by atoms with Crippen LogP contribution in [0.3, 0.4) is 0 Å². The average molecular weight is 304 g/mol. The van der Waals surface area contributed by atoms with E-state index in [0.29, 0.717) is 10.6 Å². The normalized spacial score (nSPS) is 12.3. The first-order chi connectivity index (χ1) is 9.31. The third-order valence-electron chi connectivity index (χ3n) is 2.89. The third kappa shape index (κ3) is 4.89. The SMILES string of the molecule is CC(CC(=O)N(C)CC(F)F)C(=O)c1ccc(Cl)cc1. The fourth-order valence-corrected chi connectivity index (χ4v) is 1.84. The lowest BCUT2D eigenvalue weighted by molar-refractivity contribution is -0.132. The molecule has 1 rings (SSSR count). The second-order valence-corrected chi connectivity index (χ2v) is 5.08. The second-order valence-electron chi connectivity index (χ2n) is 4.64. The van der Waals surface area contributed by atoms with Gasteiger partial charge in [-0.3, -0.25) is 9.59 Å². The zero-order valence-corrected chi connectivity index (χ0v) is 12.0. The Hall–Kier alpha value is -1.49. The molecule has 0 aromatic heterocycles. The van der Waals surface area contributed by atoms with Crippen LogP contribution in [-0.4, -0.2) is 36.6 Å². The molecule has 20 heavy (non-hydrogen) atoms. The number of rotatable bonds is 6. The monoisotopic (exact) mass is 303 g/mol. The summed E-state index contributed by atoms with van der Waals surface area (Å²) < 4.78 is 24.3. The van der Waals surface area contributed by atoms with Gasteiger partial charge in [0.05, 0.1) is 6.54 Å². The Balaban J connectivity index is 2.61. The van der Waals surface area contributed by atoms with E-state index in [1.165, 1.54) is 7.05 Å². The molecule has 1 aromatic rings. The van der Waals surface area contributed by atoms with Gasteiger partial charge in [-0.15, -0.1) is 0 Å². The summed E-state index contributed by atoms with van der Waals surface area (Å²) in [5, 5.41) is 0.516. The van der Waals surface area contributed by atoms with Crippen molar-refractivity contribution >= 4 is 23.3 Å². The number of halogens is 3. The fourth-order valence-electron chi connectivity index (χ4n) is 1.72. The van der Waals surface area contributed by atoms with Gasteiger partial charge >= 0.3 is 0 Å². The third-order valence-corrected chi connectivity index (χ3v) is 3.15. The lowest BCUT2D eigenvalue weighted by Gasteiger charge is -2.18. The molecular weight excluding hydrogens is 288 g/mol. The Bertz CT molecular complexity index is 477. The molecular formula is C14H16ClF2NO2. The highest BCUT2D eigenvalue weighted by Crippen LogP contribution is 2.16. The van der Waals surface area contributed by atoms with Crippen molar-refractivity contribution in [3.05, 3.63) is 34.9 Å². The summed E-state index contributed by atoms with van der Waals surface area (Å²) in [5.41, 5.74) is 0.450. The molecule has 0 saturated heterocycles. The molecule has 0 N–H and O–H groups in total. The highest BCUT2D eigenvalue weighted by molar-refractivity contribution is 6.30. The number of amides is 1. The summed E-state index contributed by atoms with van der Waals surface area (Å²) in [4.78, 5) is 24.7. The molecule has 0 bridgehead atoms. The Morgan fingerprint density at radius 1 is 1.25 bits per heavy atom. The standard InChI is InChI=1S/C14H16ClF2NO2/c1-9(7-13(19)18(2)8-12(16)17)14(20)10-3-5-11(15)6-4-10/h3-6,9,12H,7-8H2,1-2H3. The maximum atomic E-state index is 12.2. The number of benzene rings is 1. The minimum Gasteiger partial charge on any atom is -0.340 e. The summed E-state index contributed by atoms with van der Waals surface area (Å²) in [6.07, 6.45) is -2.67. The maximum Gasteiger partial charge on any atom is 0.255 e. The number of Topliss-reactive ketones (excluding diaryl/α,β-unsaturated/α-hetero) is 1. The van der Waals surface area contributed by atoms with Gasteiger partial charge in [-0.1, -0.05) is 18.5 Å². The highest BCUT2D eigenvalue weighted by Gasteiger charge is 2.21. The predicted octanol–water partition coefficient (Wildman–Crippen LogP) is 3.27. The van der Waals surface area contributed by atoms with Crippen LogP contribution in [0, 0.1) is 5.92 Å². The molecule has 6 heteroatoms. The number of carbonyl (C=O) groups is 2. The summed E-state index contributed by atoms with van der Waals surface area (Å²) in [6.45, 7) is 0.978. The largest absolute Gasteiger partial charge is 0.340 e. The zero-order valence-electron chi connectivity index (χ0n) is 11.3. The topological polar surface area (TPSA) is 37.4 Å². The first-order valence-corrected chi connectivity index (χ1v) is 6.51. The number of hydrogen-bond donors (Lipinski definition) is 0. The fraction of sp³-hybridized carbons (Fsp3) is 0.429. The molecule has 0 heterocycles. The average Bonchev–Trinajstić information content (AvgIpc) is 2.37. The molecule has 110 valence electrons. The predicted molar refractivity (Wildman–Crippen MR) is 73.2 cm³/mol. The van der Waals surface area contributed by atoms with E-state index >= 15 is 0 Å². The van der Waals surface area contributed by atoms with Crippen molar-refractivity contribution in [3.63, 3.8) is 0 Å². The van der Waals surface area contributed by atoms with Gasteiger partial charge in [0.15, 0.2) is 5.78 Å². The van der Waals surface area contributed by atoms with Crippen molar-refractivity contribution in [1.29, 1.82) is 0 Å². The quantitative estimate of drug-likeness (QED) is 0.756. The number of hydrogen-bond acceptors (Lipinski definition) is 2. The van der Waals surface area contributed by atoms with Crippen molar-refractivity contribution in [1.82, 2.24) is 4.90 Å². The van der Waals surface area contributed by atoms with Gasteiger partial charge in [-0.2, -0.15) is 0 Å². The van der Waals surface area contributed by atoms with Crippen molar-refractivity contribution in [2.24, 2.45) is 5.92 Å². The second kappa shape index (κ2) is 7.33. The van der Waals surface area contributed by atoms with Crippen LogP contribution in [0.2, 0.25) is 5.02 Å². The zero-order chi connectivity index (χ0) is 15.3. The lowest BCUT2D eigenvalue weighted by Crippen LogP contribution is -2.33. The first-order valence-electron chi connectivity index (χ1n) is 6.13. The Kier molecular flexibility index (Phi) is 6.07. The van der Waals surface area contributed by atoms with Crippen molar-refractivity contribution < 1.29 is 18.4 Å². The van der Waals surface area contributed by atoms with E-state index in [0.717, 1.165) is 4.90 Å². The van der Waals surface area contributed by atoms with E-state index in [2.05, 4.69) is 0 Å². The van der Waals surface area contributed by atoms with Gasteiger partial charge in [-0.05, 0) is 24.3 Å². The number of ketones is 1. The van der Waals surface area contributed by atoms with Gasteiger partial charge < -0.3 is 4.90 Å². The van der Waals surface area contributed by atoms with Crippen LogP contribution in [0.15, 0.2) is 24.3 Å². The van der Waals surface area contributed by atoms with Gasteiger partial charge in [0.2, 0.25) is 5.91 Å². The number of alkyl halides is 2. The van der Waals surface area contributed by atoms with Crippen LogP contribution in [0.25, 0.3) is 0 Å². The first kappa shape index (κ1) is 16.6. The Morgan fingerprint density at radius 2 is 1.80 bits per heavy atom. The smallest absolute Gasteiger partial charge is 0.255 e. The van der Waals surface area contributed by atoms with Gasteiger partial charge in [-0.25, -0.2) is 8.78 Å². The highest BCUT2D eigenvalue weighted by atomic mass is 35.5. The molecule has 0 radical (unpaired) electrons. The molecule has 1 amide bonds. The summed E-state index contributed by atoms with van der Waals surface area (Å²) in [5.74, 6) is -1.25. The molecule has 0 aliphatic rings. The Morgan fingerprint density at radius 3 is 2.30 bits per heavy atom. The summed E-state index contributed by atoms with van der Waals surface area (Å²) in [6, 6.07) is 6.33.